The summed E-state index contributed by atoms with van der Waals surface area (Å²) in [6.07, 6.45) is -3.00. The van der Waals surface area contributed by atoms with Gasteiger partial charge in [-0.3, -0.25) is 0 Å². The molecule has 1 aromatic heterocycles. The molecular formula is C27H25F3N2O. The first-order valence-electron chi connectivity index (χ1n) is 10.8. The molecule has 4 rings (SSSR count). The van der Waals surface area contributed by atoms with Gasteiger partial charge in [-0.25, -0.2) is 0 Å². The summed E-state index contributed by atoms with van der Waals surface area (Å²) in [6, 6.07) is 25.1. The summed E-state index contributed by atoms with van der Waals surface area (Å²) in [5.41, 5.74) is -0.910. The molecule has 0 unspecified atom stereocenters. The van der Waals surface area contributed by atoms with Crippen molar-refractivity contribution in [2.45, 2.75) is 25.2 Å². The molecular weight excluding hydrogens is 425 g/mol. The topological polar surface area (TPSA) is 37.2 Å². The first-order valence-corrected chi connectivity index (χ1v) is 10.8. The Kier molecular flexibility index (Phi) is 6.40. The van der Waals surface area contributed by atoms with E-state index in [1.807, 2.05) is 19.1 Å². The van der Waals surface area contributed by atoms with Gasteiger partial charge < -0.3 is 15.0 Å². The Hall–Kier alpha value is -3.35. The second-order valence-electron chi connectivity index (χ2n) is 7.79. The Morgan fingerprint density at radius 3 is 1.88 bits per heavy atom. The van der Waals surface area contributed by atoms with Crippen molar-refractivity contribution in [2.75, 3.05) is 6.54 Å². The molecule has 0 amide bonds. The lowest BCUT2D eigenvalue weighted by Crippen LogP contribution is -2.32. The SMILES string of the molecule is CCNCc1cccn1-c1c(C(F)(F)F)cccc1C(O)(c1ccccc1)c1ccccc1. The maximum atomic E-state index is 14.3. The van der Waals surface area contributed by atoms with Crippen LogP contribution in [0.5, 0.6) is 0 Å². The summed E-state index contributed by atoms with van der Waals surface area (Å²) in [5.74, 6) is 0. The fourth-order valence-electron chi connectivity index (χ4n) is 4.19. The highest BCUT2D eigenvalue weighted by molar-refractivity contribution is 5.60. The molecule has 2 N–H and O–H groups in total. The number of halogens is 3. The van der Waals surface area contributed by atoms with Crippen LogP contribution in [0.2, 0.25) is 0 Å². The molecule has 0 aliphatic rings. The number of nitrogens with one attached hydrogen (secondary N) is 1. The highest BCUT2D eigenvalue weighted by Crippen LogP contribution is 2.44. The number of hydrogen-bond donors (Lipinski definition) is 2. The molecule has 0 bridgehead atoms. The summed E-state index contributed by atoms with van der Waals surface area (Å²) < 4.78 is 44.4. The summed E-state index contributed by atoms with van der Waals surface area (Å²) >= 11 is 0. The number of benzene rings is 3. The van der Waals surface area contributed by atoms with Crippen LogP contribution in [0.25, 0.3) is 5.69 Å². The number of alkyl halides is 3. The number of aliphatic hydroxyl groups is 1. The van der Waals surface area contributed by atoms with Gasteiger partial charge in [0.2, 0.25) is 0 Å². The number of nitrogens with zero attached hydrogens (tertiary/aromatic N) is 1. The van der Waals surface area contributed by atoms with Gasteiger partial charge in [-0.2, -0.15) is 13.2 Å². The van der Waals surface area contributed by atoms with Gasteiger partial charge in [0.1, 0.15) is 5.60 Å². The second-order valence-corrected chi connectivity index (χ2v) is 7.79. The highest BCUT2D eigenvalue weighted by atomic mass is 19.4. The van der Waals surface area contributed by atoms with Crippen molar-refractivity contribution in [3.63, 3.8) is 0 Å². The Morgan fingerprint density at radius 2 is 1.33 bits per heavy atom. The van der Waals surface area contributed by atoms with E-state index in [1.54, 1.807) is 72.9 Å². The van der Waals surface area contributed by atoms with E-state index in [1.165, 1.54) is 10.6 Å². The molecule has 6 heteroatoms. The van der Waals surface area contributed by atoms with Crippen LogP contribution in [-0.4, -0.2) is 16.2 Å². The van der Waals surface area contributed by atoms with Crippen molar-refractivity contribution in [3.8, 4) is 5.69 Å². The van der Waals surface area contributed by atoms with Crippen LogP contribution in [0.1, 0.15) is 34.9 Å². The number of para-hydroxylation sites is 1. The minimum absolute atomic E-state index is 0.0851. The summed E-state index contributed by atoms with van der Waals surface area (Å²) in [7, 11) is 0. The molecule has 0 saturated heterocycles. The fraction of sp³-hybridized carbons (Fsp3) is 0.185. The van der Waals surface area contributed by atoms with Gasteiger partial charge in [-0.1, -0.05) is 79.7 Å². The minimum Gasteiger partial charge on any atom is -0.376 e. The maximum Gasteiger partial charge on any atom is 0.418 e. The zero-order valence-electron chi connectivity index (χ0n) is 18.2. The quantitative estimate of drug-likeness (QED) is 0.345. The fourth-order valence-corrected chi connectivity index (χ4v) is 4.19. The lowest BCUT2D eigenvalue weighted by molar-refractivity contribution is -0.137. The van der Waals surface area contributed by atoms with Gasteiger partial charge in [0, 0.05) is 24.0 Å². The standard InChI is InChI=1S/C27H25F3N2O/c1-2-31-19-22-15-10-18-32(22)25-23(16-9-17-24(25)27(28,29)30)26(33,20-11-5-3-6-12-20)21-13-7-4-8-14-21/h3-18,31,33H,2,19H2,1H3. The van der Waals surface area contributed by atoms with Crippen molar-refractivity contribution in [2.24, 2.45) is 0 Å². The molecule has 0 saturated carbocycles. The lowest BCUT2D eigenvalue weighted by Gasteiger charge is -2.33. The first kappa shape index (κ1) is 22.8. The van der Waals surface area contributed by atoms with Crippen molar-refractivity contribution >= 4 is 0 Å². The van der Waals surface area contributed by atoms with E-state index in [0.29, 0.717) is 29.9 Å². The summed E-state index contributed by atoms with van der Waals surface area (Å²) in [4.78, 5) is 0. The molecule has 0 spiro atoms. The molecule has 3 nitrogen and oxygen atoms in total. The average molecular weight is 451 g/mol. The van der Waals surface area contributed by atoms with Gasteiger partial charge >= 0.3 is 6.18 Å². The molecule has 0 aliphatic heterocycles. The minimum atomic E-state index is -4.61. The third kappa shape index (κ3) is 4.32. The van der Waals surface area contributed by atoms with Gasteiger partial charge in [-0.15, -0.1) is 0 Å². The number of rotatable bonds is 7. The van der Waals surface area contributed by atoms with Crippen molar-refractivity contribution in [3.05, 3.63) is 125 Å². The van der Waals surface area contributed by atoms with E-state index in [4.69, 9.17) is 0 Å². The zero-order valence-corrected chi connectivity index (χ0v) is 18.2. The lowest BCUT2D eigenvalue weighted by atomic mass is 9.78. The third-order valence-corrected chi connectivity index (χ3v) is 5.74. The predicted octanol–water partition coefficient (Wildman–Crippen LogP) is 5.89. The van der Waals surface area contributed by atoms with Crippen molar-refractivity contribution < 1.29 is 18.3 Å². The van der Waals surface area contributed by atoms with Crippen LogP contribution in [-0.2, 0) is 18.3 Å². The van der Waals surface area contributed by atoms with Gasteiger partial charge in [-0.05, 0) is 35.9 Å². The molecule has 1 heterocycles. The zero-order chi connectivity index (χ0) is 23.5. The molecule has 170 valence electrons. The smallest absolute Gasteiger partial charge is 0.376 e. The Morgan fingerprint density at radius 1 is 0.758 bits per heavy atom. The van der Waals surface area contributed by atoms with E-state index in [-0.39, 0.29) is 11.3 Å². The molecule has 0 radical (unpaired) electrons. The van der Waals surface area contributed by atoms with Crippen LogP contribution < -0.4 is 5.32 Å². The highest BCUT2D eigenvalue weighted by Gasteiger charge is 2.41. The number of hydrogen-bond acceptors (Lipinski definition) is 2. The largest absolute Gasteiger partial charge is 0.418 e. The van der Waals surface area contributed by atoms with Crippen molar-refractivity contribution in [1.29, 1.82) is 0 Å². The Balaban J connectivity index is 2.07. The van der Waals surface area contributed by atoms with Crippen LogP contribution in [0.4, 0.5) is 13.2 Å². The number of aromatic nitrogens is 1. The van der Waals surface area contributed by atoms with Crippen LogP contribution in [0.15, 0.2) is 97.2 Å². The van der Waals surface area contributed by atoms with E-state index in [2.05, 4.69) is 5.32 Å². The van der Waals surface area contributed by atoms with Crippen molar-refractivity contribution in [1.82, 2.24) is 9.88 Å². The monoisotopic (exact) mass is 450 g/mol. The molecule has 4 aromatic rings. The van der Waals surface area contributed by atoms with E-state index in [9.17, 15) is 18.3 Å². The second kappa shape index (κ2) is 9.25. The van der Waals surface area contributed by atoms with Gasteiger partial charge in [0.15, 0.2) is 0 Å². The van der Waals surface area contributed by atoms with E-state index in [0.717, 1.165) is 6.07 Å². The molecule has 0 fully saturated rings. The summed E-state index contributed by atoms with van der Waals surface area (Å²) in [5, 5.41) is 15.4. The van der Waals surface area contributed by atoms with Crippen LogP contribution >= 0.6 is 0 Å². The van der Waals surface area contributed by atoms with Crippen LogP contribution in [0.3, 0.4) is 0 Å². The van der Waals surface area contributed by atoms with E-state index >= 15 is 0 Å². The average Bonchev–Trinajstić information content (AvgIpc) is 3.30. The van der Waals surface area contributed by atoms with Crippen LogP contribution in [0, 0.1) is 0 Å². The first-order chi connectivity index (χ1) is 15.9. The van der Waals surface area contributed by atoms with Gasteiger partial charge in [0.25, 0.3) is 0 Å². The van der Waals surface area contributed by atoms with E-state index < -0.39 is 17.3 Å². The summed E-state index contributed by atoms with van der Waals surface area (Å²) in [6.45, 7) is 3.01. The Labute approximate surface area is 191 Å². The van der Waals surface area contributed by atoms with Gasteiger partial charge in [0.05, 0.1) is 11.3 Å². The predicted molar refractivity (Wildman–Crippen MR) is 123 cm³/mol. The molecule has 33 heavy (non-hydrogen) atoms. The Bertz CT molecular complexity index is 1160. The normalized spacial score (nSPS) is 12.2. The molecule has 3 aromatic carbocycles. The molecule has 0 aliphatic carbocycles. The third-order valence-electron chi connectivity index (χ3n) is 5.74. The molecule has 0 atom stereocenters. The maximum absolute atomic E-state index is 14.3.